The molecule has 0 N–H and O–H groups in total. The fraction of sp³-hybridized carbons (Fsp3) is 0.569. The van der Waals surface area contributed by atoms with Crippen molar-refractivity contribution in [3.63, 3.8) is 0 Å². The minimum Gasteiger partial charge on any atom is -0.198 e. The second-order valence-corrected chi connectivity index (χ2v) is 27.9. The van der Waals surface area contributed by atoms with E-state index in [1.807, 2.05) is 0 Å². The molecule has 4 nitrogen and oxygen atoms in total. The Morgan fingerprint density at radius 2 is 0.594 bits per heavy atom. The summed E-state index contributed by atoms with van der Waals surface area (Å²) >= 11 is 0. The molecule has 0 amide bonds. The highest BCUT2D eigenvalue weighted by molar-refractivity contribution is 6.28. The molecule has 0 saturated carbocycles. The van der Waals surface area contributed by atoms with E-state index >= 15 is 0 Å². The van der Waals surface area contributed by atoms with E-state index < -0.39 is 5.91 Å². The molecule has 6 aliphatic heterocycles. The van der Waals surface area contributed by atoms with E-state index in [2.05, 4.69) is 157 Å². The Balaban J connectivity index is 1.24. The largest absolute Gasteiger partial charge is 0.553 e. The van der Waals surface area contributed by atoms with Crippen LogP contribution in [0.3, 0.4) is 0 Å². The van der Waals surface area contributed by atoms with Crippen molar-refractivity contribution in [2.45, 2.75) is 217 Å². The van der Waals surface area contributed by atoms with Gasteiger partial charge in [0.15, 0.2) is 0 Å². The van der Waals surface area contributed by atoms with Gasteiger partial charge in [0.2, 0.25) is 22.8 Å². The summed E-state index contributed by atoms with van der Waals surface area (Å²) in [4.78, 5) is 0. The number of fused-ring (bicyclic) bond motifs is 4. The van der Waals surface area contributed by atoms with E-state index in [-0.39, 0.29) is 43.3 Å². The average molecular weight is 913 g/mol. The Morgan fingerprint density at radius 3 is 1.00 bits per heavy atom. The molecule has 4 heteroatoms. The number of rotatable bonds is 0. The van der Waals surface area contributed by atoms with E-state index in [4.69, 9.17) is 0 Å². The van der Waals surface area contributed by atoms with Gasteiger partial charge in [0.25, 0.3) is 0 Å². The average Bonchev–Trinajstić information content (AvgIpc) is 4.10. The summed E-state index contributed by atoms with van der Waals surface area (Å²) in [5, 5.41) is 3.10. The Hall–Kier alpha value is -4.44. The summed E-state index contributed by atoms with van der Waals surface area (Å²) in [6.45, 7) is 52.1. The van der Waals surface area contributed by atoms with Crippen LogP contribution < -0.4 is 10.7 Å². The van der Waals surface area contributed by atoms with Crippen molar-refractivity contribution < 1.29 is 9.15 Å². The molecule has 9 atom stereocenters. The molecular weight excluding hydrogens is 837 g/mol. The zero-order valence-corrected chi connectivity index (χ0v) is 45.9. The van der Waals surface area contributed by atoms with Crippen LogP contribution in [0.4, 0.5) is 0 Å². The van der Waals surface area contributed by atoms with Gasteiger partial charge in [-0.3, -0.25) is 0 Å². The minimum absolute atomic E-state index is 0.0485. The van der Waals surface area contributed by atoms with Gasteiger partial charge in [-0.15, -0.1) is 0 Å². The van der Waals surface area contributed by atoms with Crippen LogP contribution in [0, 0.1) is 21.7 Å². The highest BCUT2D eigenvalue weighted by Gasteiger charge is 2.81. The van der Waals surface area contributed by atoms with Crippen LogP contribution in [-0.4, -0.2) is 29.7 Å². The number of allylic oxidation sites excluding steroid dienone is 14. The highest BCUT2D eigenvalue weighted by Crippen LogP contribution is 2.74. The van der Waals surface area contributed by atoms with Crippen LogP contribution in [0.2, 0.25) is 0 Å². The third-order valence-corrected chi connectivity index (χ3v) is 26.5. The number of aromatic nitrogens is 2. The number of hydrogen-bond donors (Lipinski definition) is 0. The molecule has 9 unspecified atom stereocenters. The van der Waals surface area contributed by atoms with Gasteiger partial charge in [-0.25, -0.2) is 0 Å². The van der Waals surface area contributed by atoms with Gasteiger partial charge in [-0.05, 0) is 162 Å². The predicted octanol–water partition coefficient (Wildman–Crippen LogP) is 13.3. The quantitative estimate of drug-likeness (QED) is 0.185. The van der Waals surface area contributed by atoms with Crippen LogP contribution in [0.25, 0.3) is 16.7 Å². The fourth-order valence-electron chi connectivity index (χ4n) is 21.0. The molecule has 354 valence electrons. The standard InChI is InChI=1S/C65H76N4/c1-29-49-41-43(59(15)23-21-57(41,13)33(5)35(59)7)51-30(2)53-45-47(63(19)27-25-61(45,17)37(9)39(63)11)55-32(4)56-48-46(62(18)26-28-64(48,20)40(12)38(62)10)54-31(3)52-44-42(58(14)22-24-60(44,16)36(8)34(58)6)50(29)67(52)65(66(49)51,68(53)55)69(54)56/h21-28H2,1-20H3/q+2. The first-order valence-corrected chi connectivity index (χ1v) is 27.5. The van der Waals surface area contributed by atoms with Gasteiger partial charge in [0, 0.05) is 76.8 Å². The Morgan fingerprint density at radius 1 is 0.304 bits per heavy atom. The van der Waals surface area contributed by atoms with Crippen LogP contribution in [0.5, 0.6) is 0 Å². The molecule has 0 saturated heterocycles. The first kappa shape index (κ1) is 41.2. The number of hydrogen-bond acceptors (Lipinski definition) is 0. The van der Waals surface area contributed by atoms with Gasteiger partial charge in [-0.1, -0.05) is 109 Å². The summed E-state index contributed by atoms with van der Waals surface area (Å²) in [5.74, 6) is -0.740. The zero-order valence-electron chi connectivity index (χ0n) is 45.9. The molecule has 1 spiro atoms. The van der Waals surface area contributed by atoms with Crippen molar-refractivity contribution in [3.05, 3.63) is 128 Å². The zero-order chi connectivity index (χ0) is 48.6. The van der Waals surface area contributed by atoms with Crippen molar-refractivity contribution >= 4 is 28.1 Å². The normalized spacial score (nSPS) is 42.8. The van der Waals surface area contributed by atoms with Gasteiger partial charge in [0.05, 0.1) is 27.7 Å². The van der Waals surface area contributed by atoms with Crippen molar-refractivity contribution in [2.75, 3.05) is 0 Å². The summed E-state index contributed by atoms with van der Waals surface area (Å²) in [6, 6.07) is 0. The number of nitrogens with zero attached hydrogens (tertiary/aromatic N) is 4. The van der Waals surface area contributed by atoms with Crippen molar-refractivity contribution in [2.24, 2.45) is 21.7 Å². The lowest BCUT2D eigenvalue weighted by atomic mass is 9.49. The maximum Gasteiger partial charge on any atom is 0.553 e. The van der Waals surface area contributed by atoms with Gasteiger partial charge < -0.3 is 0 Å². The maximum absolute atomic E-state index is 3.12. The SMILES string of the molecule is CC1=C2C3=C(C4=[N+]2C25n6c(c7c(c6C(C)=c6c8c(c(n62)=C4C)C2(C)CCC8(C)C(C)=C2C)C2(C)CCC7(C)C(C)=C2C)C(C)=C2C4=C(C1=[N+]25)C1(C)CCC4(C)C(C)=C1C)C1(C)CCC3(C)C(C)=C1C. The lowest BCUT2D eigenvalue weighted by Crippen LogP contribution is -2.71. The maximum atomic E-state index is 3.12. The summed E-state index contributed by atoms with van der Waals surface area (Å²) in [5.41, 5.74) is 41.4. The van der Waals surface area contributed by atoms with E-state index in [1.165, 1.54) is 73.7 Å². The van der Waals surface area contributed by atoms with Crippen molar-refractivity contribution in [1.82, 2.24) is 9.13 Å². The molecule has 2 aromatic heterocycles. The van der Waals surface area contributed by atoms with Crippen molar-refractivity contribution in [3.8, 4) is 0 Å². The fourth-order valence-corrected chi connectivity index (χ4v) is 21.0. The molecule has 69 heavy (non-hydrogen) atoms. The molecular formula is C65H76N4+2. The molecule has 0 aromatic carbocycles. The van der Waals surface area contributed by atoms with Gasteiger partial charge in [-0.2, -0.15) is 9.13 Å². The lowest BCUT2D eigenvalue weighted by Gasteiger charge is -2.53. The summed E-state index contributed by atoms with van der Waals surface area (Å²) < 4.78 is 12.5. The lowest BCUT2D eigenvalue weighted by molar-refractivity contribution is -0.838. The topological polar surface area (TPSA) is 15.9 Å². The first-order chi connectivity index (χ1) is 32.2. The van der Waals surface area contributed by atoms with E-state index in [9.17, 15) is 0 Å². The highest BCUT2D eigenvalue weighted by atomic mass is 15.6. The van der Waals surface area contributed by atoms with Crippen LogP contribution in [-0.2, 0) is 27.6 Å². The first-order valence-electron chi connectivity index (χ1n) is 27.5. The predicted molar refractivity (Wildman–Crippen MR) is 281 cm³/mol. The molecule has 0 fully saturated rings. The van der Waals surface area contributed by atoms with Gasteiger partial charge >= 0.3 is 5.91 Å². The van der Waals surface area contributed by atoms with Crippen LogP contribution in [0.15, 0.2) is 83.8 Å². The molecule has 8 bridgehead atoms. The molecule has 8 heterocycles. The van der Waals surface area contributed by atoms with E-state index in [1.54, 1.807) is 134 Å². The Bertz CT molecular complexity index is 3790. The Kier molecular flexibility index (Phi) is 6.30. The van der Waals surface area contributed by atoms with Gasteiger partial charge in [0.1, 0.15) is 0 Å². The molecule has 12 aliphatic carbocycles. The minimum atomic E-state index is -0.740. The van der Waals surface area contributed by atoms with Crippen LogP contribution >= 0.6 is 0 Å². The Labute approximate surface area is 411 Å². The summed E-state index contributed by atoms with van der Waals surface area (Å²) in [6.07, 6.45) is 9.65. The third kappa shape index (κ3) is 3.27. The second-order valence-electron chi connectivity index (χ2n) is 27.9. The smallest absolute Gasteiger partial charge is 0.198 e. The van der Waals surface area contributed by atoms with E-state index in [0.29, 0.717) is 0 Å². The molecule has 18 aliphatic rings. The van der Waals surface area contributed by atoms with E-state index in [0.717, 1.165) is 0 Å². The van der Waals surface area contributed by atoms with Crippen molar-refractivity contribution in [1.29, 1.82) is 0 Å². The third-order valence-electron chi connectivity index (χ3n) is 26.5. The molecule has 20 rings (SSSR count). The molecule has 2 aromatic rings. The summed E-state index contributed by atoms with van der Waals surface area (Å²) in [7, 11) is 0. The molecule has 0 radical (unpaired) electrons. The van der Waals surface area contributed by atoms with Crippen LogP contribution in [0.1, 0.15) is 223 Å². The second kappa shape index (κ2) is 10.5. The monoisotopic (exact) mass is 913 g/mol.